The number of nitro benzene ring substituents is 1. The van der Waals surface area contributed by atoms with Crippen LogP contribution in [0, 0.1) is 10.1 Å². The van der Waals surface area contributed by atoms with Crippen molar-refractivity contribution in [2.45, 2.75) is 10.4 Å². The summed E-state index contributed by atoms with van der Waals surface area (Å²) in [6.07, 6.45) is 0. The highest BCUT2D eigenvalue weighted by molar-refractivity contribution is 8.01. The minimum absolute atomic E-state index is 0.0620. The fourth-order valence-electron chi connectivity index (χ4n) is 3.36. The molecule has 160 valence electrons. The first kappa shape index (κ1) is 20.6. The number of nitrogens with one attached hydrogen (secondary N) is 1. The summed E-state index contributed by atoms with van der Waals surface area (Å²) in [6.45, 7) is 3.45. The Balaban J connectivity index is 1.59. The Hall–Kier alpha value is -2.70. The number of benzene rings is 1. The summed E-state index contributed by atoms with van der Waals surface area (Å²) < 4.78 is 10.6. The van der Waals surface area contributed by atoms with Crippen LogP contribution in [-0.4, -0.2) is 94.4 Å². The van der Waals surface area contributed by atoms with Crippen LogP contribution in [0.2, 0.25) is 0 Å². The first-order valence-electron chi connectivity index (χ1n) is 9.57. The fraction of sp³-hybridized carbons (Fsp3) is 0.500. The van der Waals surface area contributed by atoms with Crippen molar-refractivity contribution in [3.63, 3.8) is 0 Å². The number of fused-ring (bicyclic) bond motifs is 1. The number of nitrogens with zero attached hydrogens (tertiary/aromatic N) is 4. The second kappa shape index (κ2) is 8.98. The average molecular weight is 435 g/mol. The molecule has 2 amide bonds. The van der Waals surface area contributed by atoms with E-state index in [4.69, 9.17) is 9.47 Å². The highest BCUT2D eigenvalue weighted by atomic mass is 32.2. The zero-order valence-corrected chi connectivity index (χ0v) is 16.9. The molecule has 0 unspecified atom stereocenters. The minimum Gasteiger partial charge on any atom is -0.378 e. The number of hydrogen-bond acceptors (Lipinski definition) is 8. The molecule has 0 aliphatic carbocycles. The molecule has 0 bridgehead atoms. The summed E-state index contributed by atoms with van der Waals surface area (Å²) in [7, 11) is 0. The molecule has 2 aliphatic heterocycles. The van der Waals surface area contributed by atoms with Crippen molar-refractivity contribution >= 4 is 40.3 Å². The number of H-pyrrole nitrogens is 1. The first-order chi connectivity index (χ1) is 14.5. The third-order valence-electron chi connectivity index (χ3n) is 4.98. The number of morpholine rings is 2. The molecule has 2 saturated heterocycles. The Labute approximate surface area is 175 Å². The quantitative estimate of drug-likeness (QED) is 0.313. The van der Waals surface area contributed by atoms with Gasteiger partial charge in [-0.3, -0.25) is 19.7 Å². The standard InChI is InChI=1S/C18H21N5O6S/c24-16(21-3-7-28-8-4-21)15(17(25)22-5-9-29-10-6-22)30-18-19-13-2-1-12(23(26)27)11-14(13)20-18/h1-2,11,15H,3-10H2,(H,19,20). The first-order valence-corrected chi connectivity index (χ1v) is 10.4. The van der Waals surface area contributed by atoms with Gasteiger partial charge in [0.15, 0.2) is 10.4 Å². The van der Waals surface area contributed by atoms with Crippen LogP contribution in [0.15, 0.2) is 23.4 Å². The molecule has 2 aliphatic rings. The van der Waals surface area contributed by atoms with Gasteiger partial charge in [-0.2, -0.15) is 0 Å². The number of aromatic amines is 1. The number of imidazole rings is 1. The van der Waals surface area contributed by atoms with E-state index in [1.54, 1.807) is 9.80 Å². The van der Waals surface area contributed by atoms with Gasteiger partial charge in [-0.25, -0.2) is 4.98 Å². The molecular formula is C18H21N5O6S. The third-order valence-corrected chi connectivity index (χ3v) is 6.03. The van der Waals surface area contributed by atoms with E-state index in [1.165, 1.54) is 18.2 Å². The van der Waals surface area contributed by atoms with E-state index in [0.29, 0.717) is 68.8 Å². The van der Waals surface area contributed by atoms with E-state index in [2.05, 4.69) is 9.97 Å². The number of aromatic nitrogens is 2. The van der Waals surface area contributed by atoms with Crippen molar-refractivity contribution in [1.82, 2.24) is 19.8 Å². The number of nitro groups is 1. The molecule has 2 aromatic rings. The molecule has 12 heteroatoms. The molecular weight excluding hydrogens is 414 g/mol. The third kappa shape index (κ3) is 4.40. The molecule has 11 nitrogen and oxygen atoms in total. The topological polar surface area (TPSA) is 131 Å². The molecule has 4 rings (SSSR count). The van der Waals surface area contributed by atoms with Crippen LogP contribution in [0.3, 0.4) is 0 Å². The molecule has 0 saturated carbocycles. The van der Waals surface area contributed by atoms with E-state index < -0.39 is 10.2 Å². The van der Waals surface area contributed by atoms with Crippen LogP contribution in [0.5, 0.6) is 0 Å². The molecule has 0 atom stereocenters. The zero-order chi connectivity index (χ0) is 21.1. The second-order valence-corrected chi connectivity index (χ2v) is 7.97. The number of rotatable bonds is 5. The van der Waals surface area contributed by atoms with E-state index >= 15 is 0 Å². The van der Waals surface area contributed by atoms with Gasteiger partial charge in [0.2, 0.25) is 11.8 Å². The van der Waals surface area contributed by atoms with Crippen LogP contribution in [0.4, 0.5) is 5.69 Å². The Bertz CT molecular complexity index is 924. The van der Waals surface area contributed by atoms with Crippen LogP contribution in [0.1, 0.15) is 0 Å². The number of non-ortho nitro benzene ring substituents is 1. The number of thioether (sulfide) groups is 1. The molecule has 1 N–H and O–H groups in total. The molecule has 2 fully saturated rings. The lowest BCUT2D eigenvalue weighted by Crippen LogP contribution is -2.52. The lowest BCUT2D eigenvalue weighted by Gasteiger charge is -2.33. The Kier molecular flexibility index (Phi) is 6.16. The Morgan fingerprint density at radius 2 is 1.63 bits per heavy atom. The summed E-state index contributed by atoms with van der Waals surface area (Å²) in [5.41, 5.74) is 0.940. The minimum atomic E-state index is -1.00. The SMILES string of the molecule is O=C(C(Sc1nc2ccc([N+](=O)[O-])cc2[nH]1)C(=O)N1CCOCC1)N1CCOCC1. The van der Waals surface area contributed by atoms with Crippen molar-refractivity contribution in [3.8, 4) is 0 Å². The van der Waals surface area contributed by atoms with Crippen LogP contribution in [-0.2, 0) is 19.1 Å². The summed E-state index contributed by atoms with van der Waals surface area (Å²) in [6, 6.07) is 4.29. The van der Waals surface area contributed by atoms with E-state index in [9.17, 15) is 19.7 Å². The maximum atomic E-state index is 13.2. The van der Waals surface area contributed by atoms with Crippen molar-refractivity contribution < 1.29 is 24.0 Å². The molecule has 1 aromatic carbocycles. The maximum absolute atomic E-state index is 13.2. The maximum Gasteiger partial charge on any atom is 0.271 e. The van der Waals surface area contributed by atoms with Gasteiger partial charge in [0.1, 0.15) is 0 Å². The smallest absolute Gasteiger partial charge is 0.271 e. The van der Waals surface area contributed by atoms with Gasteiger partial charge in [0, 0.05) is 38.3 Å². The predicted octanol–water partition coefficient (Wildman–Crippen LogP) is 0.649. The van der Waals surface area contributed by atoms with Gasteiger partial charge in [-0.15, -0.1) is 0 Å². The predicted molar refractivity (Wildman–Crippen MR) is 107 cm³/mol. The number of carbonyl (C=O) groups excluding carboxylic acids is 2. The van der Waals surface area contributed by atoms with Crippen molar-refractivity contribution in [2.75, 3.05) is 52.6 Å². The zero-order valence-electron chi connectivity index (χ0n) is 16.1. The number of hydrogen-bond donors (Lipinski definition) is 1. The van der Waals surface area contributed by atoms with Gasteiger partial charge < -0.3 is 24.3 Å². The van der Waals surface area contributed by atoms with Crippen molar-refractivity contribution in [2.24, 2.45) is 0 Å². The largest absolute Gasteiger partial charge is 0.378 e. The summed E-state index contributed by atoms with van der Waals surface area (Å²) in [5, 5.41) is 10.4. The van der Waals surface area contributed by atoms with Gasteiger partial charge in [0.05, 0.1) is 42.4 Å². The van der Waals surface area contributed by atoms with Crippen LogP contribution >= 0.6 is 11.8 Å². The van der Waals surface area contributed by atoms with Gasteiger partial charge in [-0.1, -0.05) is 11.8 Å². The summed E-state index contributed by atoms with van der Waals surface area (Å²) in [5.74, 6) is -0.572. The Morgan fingerprint density at radius 1 is 1.07 bits per heavy atom. The molecule has 30 heavy (non-hydrogen) atoms. The van der Waals surface area contributed by atoms with E-state index in [-0.39, 0.29) is 17.5 Å². The van der Waals surface area contributed by atoms with E-state index in [0.717, 1.165) is 11.8 Å². The highest BCUT2D eigenvalue weighted by Crippen LogP contribution is 2.28. The summed E-state index contributed by atoms with van der Waals surface area (Å²) >= 11 is 1.03. The number of amides is 2. The molecule has 3 heterocycles. The van der Waals surface area contributed by atoms with Crippen molar-refractivity contribution in [1.29, 1.82) is 0 Å². The van der Waals surface area contributed by atoms with E-state index in [1.807, 2.05) is 0 Å². The lowest BCUT2D eigenvalue weighted by molar-refractivity contribution is -0.384. The number of ether oxygens (including phenoxy) is 2. The van der Waals surface area contributed by atoms with Crippen LogP contribution < -0.4 is 0 Å². The Morgan fingerprint density at radius 3 is 2.17 bits per heavy atom. The monoisotopic (exact) mass is 435 g/mol. The number of carbonyl (C=O) groups is 2. The average Bonchev–Trinajstić information content (AvgIpc) is 3.19. The van der Waals surface area contributed by atoms with Crippen molar-refractivity contribution in [3.05, 3.63) is 28.3 Å². The molecule has 0 radical (unpaired) electrons. The molecule has 1 aromatic heterocycles. The van der Waals surface area contributed by atoms with Gasteiger partial charge in [-0.05, 0) is 6.07 Å². The van der Waals surface area contributed by atoms with Crippen LogP contribution in [0.25, 0.3) is 11.0 Å². The summed E-state index contributed by atoms with van der Waals surface area (Å²) in [4.78, 5) is 47.5. The fourth-order valence-corrected chi connectivity index (χ4v) is 4.40. The van der Waals surface area contributed by atoms with Gasteiger partial charge in [0.25, 0.3) is 5.69 Å². The lowest BCUT2D eigenvalue weighted by atomic mass is 10.2. The highest BCUT2D eigenvalue weighted by Gasteiger charge is 2.36. The van der Waals surface area contributed by atoms with Gasteiger partial charge >= 0.3 is 0 Å². The second-order valence-electron chi connectivity index (χ2n) is 6.87. The molecule has 0 spiro atoms. The normalized spacial score (nSPS) is 17.5.